The third-order valence-electron chi connectivity index (χ3n) is 4.23. The molecule has 0 unspecified atom stereocenters. The van der Waals surface area contributed by atoms with Gasteiger partial charge in [0, 0.05) is 18.4 Å². The zero-order valence-corrected chi connectivity index (χ0v) is 15.2. The molecular formula is C21H21FN2O3. The van der Waals surface area contributed by atoms with Gasteiger partial charge in [0.15, 0.2) is 23.2 Å². The number of rotatable bonds is 7. The summed E-state index contributed by atoms with van der Waals surface area (Å²) < 4.78 is 24.4. The highest BCUT2D eigenvalue weighted by Gasteiger charge is 2.14. The number of methoxy groups -OCH3 is 1. The van der Waals surface area contributed by atoms with Crippen LogP contribution < -0.4 is 10.1 Å². The van der Waals surface area contributed by atoms with Gasteiger partial charge in [0.1, 0.15) is 0 Å². The second kappa shape index (κ2) is 8.49. The van der Waals surface area contributed by atoms with E-state index in [1.165, 1.54) is 13.2 Å². The van der Waals surface area contributed by atoms with Crippen molar-refractivity contribution in [2.24, 2.45) is 0 Å². The lowest BCUT2D eigenvalue weighted by Crippen LogP contribution is -2.26. The zero-order valence-electron chi connectivity index (χ0n) is 15.2. The monoisotopic (exact) mass is 368 g/mol. The number of carbonyl (C=O) groups is 1. The second-order valence-electron chi connectivity index (χ2n) is 6.17. The number of benzene rings is 2. The highest BCUT2D eigenvalue weighted by Crippen LogP contribution is 2.22. The SMILES string of the molecule is COc1ccc([C@H](C)NC(=O)CCc2ncc(-c3ccccc3)o2)cc1F. The molecule has 3 rings (SSSR count). The maximum Gasteiger partial charge on any atom is 0.220 e. The largest absolute Gasteiger partial charge is 0.494 e. The quantitative estimate of drug-likeness (QED) is 0.675. The molecule has 140 valence electrons. The minimum Gasteiger partial charge on any atom is -0.494 e. The van der Waals surface area contributed by atoms with E-state index in [-0.39, 0.29) is 24.1 Å². The summed E-state index contributed by atoms with van der Waals surface area (Å²) in [6, 6.07) is 14.0. The second-order valence-corrected chi connectivity index (χ2v) is 6.17. The summed E-state index contributed by atoms with van der Waals surface area (Å²) >= 11 is 0. The van der Waals surface area contributed by atoms with Crippen molar-refractivity contribution in [1.29, 1.82) is 0 Å². The molecule has 0 aliphatic heterocycles. The van der Waals surface area contributed by atoms with Crippen LogP contribution in [0.25, 0.3) is 11.3 Å². The normalized spacial score (nSPS) is 11.8. The van der Waals surface area contributed by atoms with E-state index in [0.29, 0.717) is 23.6 Å². The van der Waals surface area contributed by atoms with Gasteiger partial charge in [0.25, 0.3) is 0 Å². The molecule has 6 heteroatoms. The Bertz CT molecular complexity index is 909. The third kappa shape index (κ3) is 4.73. The zero-order chi connectivity index (χ0) is 19.2. The molecular weight excluding hydrogens is 347 g/mol. The summed E-state index contributed by atoms with van der Waals surface area (Å²) in [7, 11) is 1.41. The number of halogens is 1. The molecule has 5 nitrogen and oxygen atoms in total. The number of nitrogens with one attached hydrogen (secondary N) is 1. The summed E-state index contributed by atoms with van der Waals surface area (Å²) in [5.41, 5.74) is 1.61. The third-order valence-corrected chi connectivity index (χ3v) is 4.23. The average molecular weight is 368 g/mol. The average Bonchev–Trinajstić information content (AvgIpc) is 3.16. The first kappa shape index (κ1) is 18.6. The Kier molecular flexibility index (Phi) is 5.86. The first-order valence-electron chi connectivity index (χ1n) is 8.69. The highest BCUT2D eigenvalue weighted by atomic mass is 19.1. The van der Waals surface area contributed by atoms with Crippen LogP contribution in [0.2, 0.25) is 0 Å². The molecule has 3 aromatic rings. The number of amides is 1. The smallest absolute Gasteiger partial charge is 0.220 e. The van der Waals surface area contributed by atoms with Crippen LogP contribution in [0.5, 0.6) is 5.75 Å². The molecule has 0 bridgehead atoms. The van der Waals surface area contributed by atoms with Crippen LogP contribution in [-0.4, -0.2) is 18.0 Å². The van der Waals surface area contributed by atoms with Crippen LogP contribution in [-0.2, 0) is 11.2 Å². The van der Waals surface area contributed by atoms with Crippen molar-refractivity contribution in [2.75, 3.05) is 7.11 Å². The van der Waals surface area contributed by atoms with Crippen molar-refractivity contribution in [3.63, 3.8) is 0 Å². The number of hydrogen-bond acceptors (Lipinski definition) is 4. The lowest BCUT2D eigenvalue weighted by molar-refractivity contribution is -0.121. The van der Waals surface area contributed by atoms with Crippen LogP contribution in [0, 0.1) is 5.82 Å². The molecule has 1 N–H and O–H groups in total. The predicted octanol–water partition coefficient (Wildman–Crippen LogP) is 4.30. The van der Waals surface area contributed by atoms with Crippen molar-refractivity contribution in [3.8, 4) is 17.1 Å². The van der Waals surface area contributed by atoms with E-state index >= 15 is 0 Å². The van der Waals surface area contributed by atoms with E-state index in [4.69, 9.17) is 9.15 Å². The van der Waals surface area contributed by atoms with E-state index in [1.54, 1.807) is 25.3 Å². The van der Waals surface area contributed by atoms with Gasteiger partial charge in [-0.3, -0.25) is 4.79 Å². The molecule has 0 saturated carbocycles. The number of aryl methyl sites for hydroxylation is 1. The maximum atomic E-state index is 13.8. The molecule has 27 heavy (non-hydrogen) atoms. The summed E-state index contributed by atoms with van der Waals surface area (Å²) in [5.74, 6) is 0.748. The van der Waals surface area contributed by atoms with Crippen molar-refractivity contribution in [2.45, 2.75) is 25.8 Å². The van der Waals surface area contributed by atoms with E-state index < -0.39 is 5.82 Å². The van der Waals surface area contributed by atoms with Crippen LogP contribution >= 0.6 is 0 Å². The Balaban J connectivity index is 1.54. The minimum atomic E-state index is -0.454. The van der Waals surface area contributed by atoms with E-state index in [0.717, 1.165) is 5.56 Å². The summed E-state index contributed by atoms with van der Waals surface area (Å²) in [6.45, 7) is 1.80. The number of nitrogens with zero attached hydrogens (tertiary/aromatic N) is 1. The lowest BCUT2D eigenvalue weighted by Gasteiger charge is -2.15. The first-order valence-corrected chi connectivity index (χ1v) is 8.69. The molecule has 0 radical (unpaired) electrons. The Morgan fingerprint density at radius 3 is 2.74 bits per heavy atom. The molecule has 0 aliphatic rings. The van der Waals surface area contributed by atoms with Gasteiger partial charge in [-0.05, 0) is 24.6 Å². The van der Waals surface area contributed by atoms with Gasteiger partial charge < -0.3 is 14.5 Å². The van der Waals surface area contributed by atoms with Gasteiger partial charge in [-0.25, -0.2) is 9.37 Å². The maximum absolute atomic E-state index is 13.8. The molecule has 0 saturated heterocycles. The number of aromatic nitrogens is 1. The van der Waals surface area contributed by atoms with Crippen LogP contribution in [0.15, 0.2) is 59.1 Å². The lowest BCUT2D eigenvalue weighted by atomic mass is 10.1. The van der Waals surface area contributed by atoms with Crippen molar-refractivity contribution >= 4 is 5.91 Å². The van der Waals surface area contributed by atoms with E-state index in [9.17, 15) is 9.18 Å². The molecule has 1 heterocycles. The number of carbonyl (C=O) groups excluding carboxylic acids is 1. The number of hydrogen-bond donors (Lipinski definition) is 1. The highest BCUT2D eigenvalue weighted by molar-refractivity contribution is 5.76. The summed E-state index contributed by atoms with van der Waals surface area (Å²) in [6.07, 6.45) is 2.28. The predicted molar refractivity (Wildman–Crippen MR) is 99.8 cm³/mol. The molecule has 0 fully saturated rings. The van der Waals surface area contributed by atoms with Crippen molar-refractivity contribution < 1.29 is 18.3 Å². The van der Waals surface area contributed by atoms with Gasteiger partial charge in [0.05, 0.1) is 19.3 Å². The van der Waals surface area contributed by atoms with E-state index in [2.05, 4.69) is 10.3 Å². The van der Waals surface area contributed by atoms with Crippen molar-refractivity contribution in [1.82, 2.24) is 10.3 Å². The van der Waals surface area contributed by atoms with Crippen LogP contribution in [0.3, 0.4) is 0 Å². The standard InChI is InChI=1S/C21H21FN2O3/c1-14(16-8-9-18(26-2)17(22)12-16)24-20(25)10-11-21-23-13-19(27-21)15-6-4-3-5-7-15/h3-9,12-14H,10-11H2,1-2H3,(H,24,25)/t14-/m0/s1. The van der Waals surface area contributed by atoms with Crippen molar-refractivity contribution in [3.05, 3.63) is 72.0 Å². The molecule has 0 aliphatic carbocycles. The molecule has 1 atom stereocenters. The minimum absolute atomic E-state index is 0.154. The molecule has 2 aromatic carbocycles. The van der Waals surface area contributed by atoms with E-state index in [1.807, 2.05) is 30.3 Å². The Hall–Kier alpha value is -3.15. The summed E-state index contributed by atoms with van der Waals surface area (Å²) in [4.78, 5) is 16.4. The van der Waals surface area contributed by atoms with Gasteiger partial charge in [-0.1, -0.05) is 36.4 Å². The molecule has 1 amide bonds. The first-order chi connectivity index (χ1) is 13.1. The molecule has 1 aromatic heterocycles. The van der Waals surface area contributed by atoms with Crippen LogP contribution in [0.4, 0.5) is 4.39 Å². The van der Waals surface area contributed by atoms with Crippen LogP contribution in [0.1, 0.15) is 30.8 Å². The number of oxazole rings is 1. The Labute approximate surface area is 157 Å². The Morgan fingerprint density at radius 2 is 2.04 bits per heavy atom. The Morgan fingerprint density at radius 1 is 1.26 bits per heavy atom. The van der Waals surface area contributed by atoms with Gasteiger partial charge in [-0.15, -0.1) is 0 Å². The number of ether oxygens (including phenoxy) is 1. The van der Waals surface area contributed by atoms with Gasteiger partial charge >= 0.3 is 0 Å². The fraction of sp³-hybridized carbons (Fsp3) is 0.238. The fourth-order valence-corrected chi connectivity index (χ4v) is 2.73. The topological polar surface area (TPSA) is 64.4 Å². The fourth-order valence-electron chi connectivity index (χ4n) is 2.73. The molecule has 0 spiro atoms. The van der Waals surface area contributed by atoms with Gasteiger partial charge in [0.2, 0.25) is 5.91 Å². The van der Waals surface area contributed by atoms with Gasteiger partial charge in [-0.2, -0.15) is 0 Å². The summed E-state index contributed by atoms with van der Waals surface area (Å²) in [5, 5.41) is 2.85.